The van der Waals surface area contributed by atoms with Gasteiger partial charge in [-0.25, -0.2) is 9.89 Å². The molecule has 3 heterocycles. The Morgan fingerprint density at radius 1 is 1.11 bits per heavy atom. The van der Waals surface area contributed by atoms with Crippen molar-refractivity contribution in [3.05, 3.63) is 20.8 Å². The highest BCUT2D eigenvalue weighted by molar-refractivity contribution is 5.34. The highest BCUT2D eigenvalue weighted by atomic mass is 16.2. The molecule has 0 bridgehead atoms. The molecule has 0 spiro atoms. The largest absolute Gasteiger partial charge is 0.348 e. The molecule has 0 aromatic carbocycles. The number of piperazine rings is 1. The number of aromatic amines is 2. The van der Waals surface area contributed by atoms with Gasteiger partial charge in [0.15, 0.2) is 0 Å². The molecule has 3 rings (SSSR count). The SMILES string of the molecule is O=c1[nH]nc(N2CCN(C3CNC3)CC2)c(=O)[nH]1. The number of hydrogen-bond donors (Lipinski definition) is 3. The van der Waals surface area contributed by atoms with Crippen LogP contribution in [0.3, 0.4) is 0 Å². The second-order valence-electron chi connectivity index (χ2n) is 4.67. The smallest absolute Gasteiger partial charge is 0.342 e. The molecule has 0 unspecified atom stereocenters. The molecule has 2 aliphatic heterocycles. The van der Waals surface area contributed by atoms with Crippen LogP contribution in [0.1, 0.15) is 0 Å². The molecule has 0 amide bonds. The van der Waals surface area contributed by atoms with Gasteiger partial charge in [0.05, 0.1) is 0 Å². The van der Waals surface area contributed by atoms with Crippen LogP contribution in [-0.4, -0.2) is 65.4 Å². The van der Waals surface area contributed by atoms with Gasteiger partial charge >= 0.3 is 5.69 Å². The molecule has 3 N–H and O–H groups in total. The lowest BCUT2D eigenvalue weighted by Gasteiger charge is -2.43. The minimum absolute atomic E-state index is 0.306. The quantitative estimate of drug-likeness (QED) is 0.541. The molecule has 8 heteroatoms. The minimum Gasteiger partial charge on any atom is -0.348 e. The number of aromatic nitrogens is 3. The van der Waals surface area contributed by atoms with Gasteiger partial charge in [0.1, 0.15) is 0 Å². The molecule has 0 saturated carbocycles. The summed E-state index contributed by atoms with van der Waals surface area (Å²) in [5.41, 5.74) is -0.986. The van der Waals surface area contributed by atoms with Crippen molar-refractivity contribution in [1.29, 1.82) is 0 Å². The molecular weight excluding hydrogens is 236 g/mol. The number of anilines is 1. The Labute approximate surface area is 103 Å². The summed E-state index contributed by atoms with van der Waals surface area (Å²) in [5, 5.41) is 9.34. The number of H-pyrrole nitrogens is 2. The Hall–Kier alpha value is -1.67. The Balaban J connectivity index is 1.68. The average Bonchev–Trinajstić information content (AvgIpc) is 2.28. The molecule has 0 aliphatic carbocycles. The Kier molecular flexibility index (Phi) is 2.88. The molecular formula is C10H16N6O2. The van der Waals surface area contributed by atoms with Crippen LogP contribution in [0.25, 0.3) is 0 Å². The normalized spacial score (nSPS) is 21.9. The molecule has 2 saturated heterocycles. The van der Waals surface area contributed by atoms with Crippen molar-refractivity contribution in [2.24, 2.45) is 0 Å². The van der Waals surface area contributed by atoms with E-state index in [0.29, 0.717) is 11.9 Å². The van der Waals surface area contributed by atoms with Crippen molar-refractivity contribution < 1.29 is 0 Å². The van der Waals surface area contributed by atoms with E-state index in [0.717, 1.165) is 39.3 Å². The zero-order valence-corrected chi connectivity index (χ0v) is 9.98. The predicted molar refractivity (Wildman–Crippen MR) is 65.9 cm³/mol. The number of rotatable bonds is 2. The van der Waals surface area contributed by atoms with Crippen molar-refractivity contribution in [1.82, 2.24) is 25.4 Å². The number of hydrogen-bond acceptors (Lipinski definition) is 6. The Bertz CT molecular complexity index is 526. The standard InChI is InChI=1S/C10H16N6O2/c17-9-8(13-14-10(18)12-9)16-3-1-15(2-4-16)7-5-11-6-7/h7,11H,1-6H2,(H2,12,14,17,18). The van der Waals surface area contributed by atoms with Gasteiger partial charge in [-0.1, -0.05) is 0 Å². The van der Waals surface area contributed by atoms with Crippen LogP contribution in [-0.2, 0) is 0 Å². The average molecular weight is 252 g/mol. The third kappa shape index (κ3) is 2.04. The molecule has 1 aromatic heterocycles. The van der Waals surface area contributed by atoms with Crippen LogP contribution < -0.4 is 21.5 Å². The van der Waals surface area contributed by atoms with Crippen molar-refractivity contribution in [3.63, 3.8) is 0 Å². The zero-order valence-electron chi connectivity index (χ0n) is 9.98. The van der Waals surface area contributed by atoms with Crippen molar-refractivity contribution in [2.45, 2.75) is 6.04 Å². The lowest BCUT2D eigenvalue weighted by Crippen LogP contribution is -2.62. The van der Waals surface area contributed by atoms with E-state index in [1.807, 2.05) is 4.90 Å². The highest BCUT2D eigenvalue weighted by Gasteiger charge is 2.28. The zero-order chi connectivity index (χ0) is 12.5. The van der Waals surface area contributed by atoms with E-state index in [9.17, 15) is 9.59 Å². The van der Waals surface area contributed by atoms with Crippen LogP contribution in [0.5, 0.6) is 0 Å². The van der Waals surface area contributed by atoms with Gasteiger partial charge in [-0.3, -0.25) is 14.7 Å². The number of nitrogens with one attached hydrogen (secondary N) is 3. The van der Waals surface area contributed by atoms with E-state index in [2.05, 4.69) is 25.4 Å². The van der Waals surface area contributed by atoms with E-state index in [1.54, 1.807) is 0 Å². The first-order valence-corrected chi connectivity index (χ1v) is 6.13. The first-order chi connectivity index (χ1) is 8.74. The summed E-state index contributed by atoms with van der Waals surface area (Å²) in [7, 11) is 0. The van der Waals surface area contributed by atoms with E-state index in [1.165, 1.54) is 0 Å². The summed E-state index contributed by atoms with van der Waals surface area (Å²) in [6, 6.07) is 0.633. The van der Waals surface area contributed by atoms with Crippen LogP contribution >= 0.6 is 0 Å². The van der Waals surface area contributed by atoms with Gasteiger partial charge in [0, 0.05) is 45.3 Å². The summed E-state index contributed by atoms with van der Waals surface area (Å²) in [6.45, 7) is 5.48. The third-order valence-corrected chi connectivity index (χ3v) is 3.58. The molecule has 8 nitrogen and oxygen atoms in total. The topological polar surface area (TPSA) is 97.1 Å². The fraction of sp³-hybridized carbons (Fsp3) is 0.700. The highest BCUT2D eigenvalue weighted by Crippen LogP contribution is 2.11. The van der Waals surface area contributed by atoms with Crippen LogP contribution in [0.2, 0.25) is 0 Å². The summed E-state index contributed by atoms with van der Waals surface area (Å²) in [5.74, 6) is 0.306. The summed E-state index contributed by atoms with van der Waals surface area (Å²) in [6.07, 6.45) is 0. The van der Waals surface area contributed by atoms with Gasteiger partial charge in [-0.05, 0) is 0 Å². The number of nitrogens with zero attached hydrogens (tertiary/aromatic N) is 3. The van der Waals surface area contributed by atoms with Crippen LogP contribution in [0.15, 0.2) is 9.59 Å². The van der Waals surface area contributed by atoms with E-state index >= 15 is 0 Å². The lowest BCUT2D eigenvalue weighted by molar-refractivity contribution is 0.137. The molecule has 0 atom stereocenters. The van der Waals surface area contributed by atoms with Crippen molar-refractivity contribution >= 4 is 5.82 Å². The van der Waals surface area contributed by atoms with Gasteiger partial charge in [0.25, 0.3) is 5.56 Å². The fourth-order valence-electron chi connectivity index (χ4n) is 2.39. The van der Waals surface area contributed by atoms with Crippen LogP contribution in [0, 0.1) is 0 Å². The molecule has 1 aromatic rings. The lowest BCUT2D eigenvalue weighted by atomic mass is 10.1. The Morgan fingerprint density at radius 2 is 1.83 bits per heavy atom. The molecule has 98 valence electrons. The van der Waals surface area contributed by atoms with E-state index < -0.39 is 11.2 Å². The van der Waals surface area contributed by atoms with Gasteiger partial charge < -0.3 is 10.2 Å². The second-order valence-corrected chi connectivity index (χ2v) is 4.67. The van der Waals surface area contributed by atoms with Gasteiger partial charge in [-0.2, -0.15) is 0 Å². The fourth-order valence-corrected chi connectivity index (χ4v) is 2.39. The van der Waals surface area contributed by atoms with Crippen molar-refractivity contribution in [2.75, 3.05) is 44.2 Å². The maximum atomic E-state index is 11.6. The maximum absolute atomic E-state index is 11.6. The van der Waals surface area contributed by atoms with Crippen molar-refractivity contribution in [3.8, 4) is 0 Å². The second kappa shape index (κ2) is 4.54. The van der Waals surface area contributed by atoms with E-state index in [4.69, 9.17) is 0 Å². The maximum Gasteiger partial charge on any atom is 0.342 e. The molecule has 2 aliphatic rings. The third-order valence-electron chi connectivity index (χ3n) is 3.58. The summed E-state index contributed by atoms with van der Waals surface area (Å²) >= 11 is 0. The van der Waals surface area contributed by atoms with Gasteiger partial charge in [0.2, 0.25) is 5.82 Å². The Morgan fingerprint density at radius 3 is 2.39 bits per heavy atom. The predicted octanol–water partition coefficient (Wildman–Crippen LogP) is -2.45. The minimum atomic E-state index is -0.567. The monoisotopic (exact) mass is 252 g/mol. The first kappa shape index (κ1) is 11.4. The summed E-state index contributed by atoms with van der Waals surface area (Å²) < 4.78 is 0. The van der Waals surface area contributed by atoms with Crippen LogP contribution in [0.4, 0.5) is 5.82 Å². The van der Waals surface area contributed by atoms with Gasteiger partial charge in [-0.15, -0.1) is 5.10 Å². The molecule has 18 heavy (non-hydrogen) atoms. The van der Waals surface area contributed by atoms with E-state index in [-0.39, 0.29) is 0 Å². The molecule has 0 radical (unpaired) electrons. The summed E-state index contributed by atoms with van der Waals surface area (Å²) in [4.78, 5) is 29.1. The molecule has 2 fully saturated rings. The first-order valence-electron chi connectivity index (χ1n) is 6.13.